The van der Waals surface area contributed by atoms with E-state index in [1.54, 1.807) is 18.6 Å². The first kappa shape index (κ1) is 19.5. The minimum absolute atomic E-state index is 0.142. The molecule has 0 aliphatic heterocycles. The van der Waals surface area contributed by atoms with Gasteiger partial charge in [0.2, 0.25) is 0 Å². The first-order valence-electron chi connectivity index (χ1n) is 7.80. The van der Waals surface area contributed by atoms with E-state index in [-0.39, 0.29) is 6.61 Å². The molecule has 0 atom stereocenters. The molecule has 25 heavy (non-hydrogen) atoms. The SMILES string of the molecule is C=C(Cc1c(Cl)cncc1Cl)c1cnc(OC)c(OCCCCO)c1. The van der Waals surface area contributed by atoms with Crippen molar-refractivity contribution in [2.45, 2.75) is 19.3 Å². The minimum atomic E-state index is 0.142. The third-order valence-electron chi connectivity index (χ3n) is 3.57. The van der Waals surface area contributed by atoms with E-state index in [9.17, 15) is 0 Å². The number of ether oxygens (including phenoxy) is 2. The summed E-state index contributed by atoms with van der Waals surface area (Å²) in [6.45, 7) is 4.71. The van der Waals surface area contributed by atoms with Gasteiger partial charge in [0.15, 0.2) is 5.75 Å². The van der Waals surface area contributed by atoms with E-state index in [2.05, 4.69) is 16.5 Å². The molecule has 0 spiro atoms. The van der Waals surface area contributed by atoms with Gasteiger partial charge in [0, 0.05) is 31.6 Å². The van der Waals surface area contributed by atoms with Crippen LogP contribution in [-0.4, -0.2) is 35.4 Å². The molecule has 2 aromatic rings. The van der Waals surface area contributed by atoms with Gasteiger partial charge in [-0.2, -0.15) is 0 Å². The zero-order chi connectivity index (χ0) is 18.2. The van der Waals surface area contributed by atoms with Crippen LogP contribution in [-0.2, 0) is 6.42 Å². The highest BCUT2D eigenvalue weighted by Crippen LogP contribution is 2.32. The lowest BCUT2D eigenvalue weighted by Crippen LogP contribution is -2.03. The molecule has 0 aliphatic rings. The Morgan fingerprint density at radius 1 is 1.20 bits per heavy atom. The predicted molar refractivity (Wildman–Crippen MR) is 99.6 cm³/mol. The maximum atomic E-state index is 8.84. The monoisotopic (exact) mass is 382 g/mol. The number of unbranched alkanes of at least 4 members (excludes halogenated alkanes) is 1. The number of methoxy groups -OCH3 is 1. The minimum Gasteiger partial charge on any atom is -0.488 e. The molecule has 0 bridgehead atoms. The number of rotatable bonds is 9. The molecule has 0 fully saturated rings. The Balaban J connectivity index is 2.16. The van der Waals surface area contributed by atoms with E-state index < -0.39 is 0 Å². The van der Waals surface area contributed by atoms with Crippen molar-refractivity contribution in [2.75, 3.05) is 20.3 Å². The van der Waals surface area contributed by atoms with Gasteiger partial charge in [-0.1, -0.05) is 29.8 Å². The van der Waals surface area contributed by atoms with Crippen LogP contribution < -0.4 is 9.47 Å². The third kappa shape index (κ3) is 5.33. The maximum absolute atomic E-state index is 8.84. The summed E-state index contributed by atoms with van der Waals surface area (Å²) < 4.78 is 10.9. The fraction of sp³-hybridized carbons (Fsp3) is 0.333. The van der Waals surface area contributed by atoms with Gasteiger partial charge in [-0.25, -0.2) is 4.98 Å². The summed E-state index contributed by atoms with van der Waals surface area (Å²) >= 11 is 12.3. The van der Waals surface area contributed by atoms with Crippen molar-refractivity contribution < 1.29 is 14.6 Å². The summed E-state index contributed by atoms with van der Waals surface area (Å²) in [5, 5.41) is 9.83. The van der Waals surface area contributed by atoms with Crippen molar-refractivity contribution in [2.24, 2.45) is 0 Å². The van der Waals surface area contributed by atoms with Crippen LogP contribution in [0.3, 0.4) is 0 Å². The molecule has 0 saturated carbocycles. The molecule has 2 rings (SSSR count). The van der Waals surface area contributed by atoms with Crippen LogP contribution in [0.4, 0.5) is 0 Å². The second-order valence-corrected chi connectivity index (χ2v) is 6.19. The molecule has 0 saturated heterocycles. The number of aromatic nitrogens is 2. The number of hydrogen-bond donors (Lipinski definition) is 1. The van der Waals surface area contributed by atoms with E-state index in [1.807, 2.05) is 6.07 Å². The van der Waals surface area contributed by atoms with Gasteiger partial charge in [0.25, 0.3) is 5.88 Å². The zero-order valence-electron chi connectivity index (χ0n) is 14.0. The Bertz CT molecular complexity index is 718. The molecule has 2 aromatic heterocycles. The number of halogens is 2. The van der Waals surface area contributed by atoms with Gasteiger partial charge in [0.05, 0.1) is 23.8 Å². The lowest BCUT2D eigenvalue weighted by atomic mass is 10.0. The molecular formula is C18H20Cl2N2O3. The molecule has 0 aliphatic carbocycles. The van der Waals surface area contributed by atoms with Crippen molar-refractivity contribution in [3.05, 3.63) is 52.4 Å². The van der Waals surface area contributed by atoms with Crippen LogP contribution in [0.2, 0.25) is 10.0 Å². The van der Waals surface area contributed by atoms with E-state index in [1.165, 1.54) is 7.11 Å². The standard InChI is InChI=1S/C18H20Cl2N2O3/c1-12(7-14-15(19)10-21-11-16(14)20)13-8-17(18(24-2)22-9-13)25-6-4-3-5-23/h8-11,23H,1,3-7H2,2H3. The van der Waals surface area contributed by atoms with Crippen molar-refractivity contribution in [3.8, 4) is 11.6 Å². The topological polar surface area (TPSA) is 64.5 Å². The lowest BCUT2D eigenvalue weighted by Gasteiger charge is -2.13. The molecule has 0 aromatic carbocycles. The molecular weight excluding hydrogens is 363 g/mol. The maximum Gasteiger partial charge on any atom is 0.256 e. The molecule has 7 heteroatoms. The highest BCUT2D eigenvalue weighted by molar-refractivity contribution is 6.35. The fourth-order valence-electron chi connectivity index (χ4n) is 2.20. The molecule has 1 N–H and O–H groups in total. The number of allylic oxidation sites excluding steroid dienone is 1. The highest BCUT2D eigenvalue weighted by atomic mass is 35.5. The van der Waals surface area contributed by atoms with Crippen LogP contribution >= 0.6 is 23.2 Å². The number of pyridine rings is 2. The molecule has 0 radical (unpaired) electrons. The Morgan fingerprint density at radius 2 is 1.92 bits per heavy atom. The van der Waals surface area contributed by atoms with Crippen LogP contribution in [0, 0.1) is 0 Å². The Hall–Kier alpha value is -1.82. The lowest BCUT2D eigenvalue weighted by molar-refractivity contribution is 0.246. The Labute approximate surface area is 157 Å². The number of nitrogens with zero attached hydrogens (tertiary/aromatic N) is 2. The van der Waals surface area contributed by atoms with E-state index in [0.29, 0.717) is 41.1 Å². The molecule has 5 nitrogen and oxygen atoms in total. The smallest absolute Gasteiger partial charge is 0.256 e. The van der Waals surface area contributed by atoms with E-state index in [4.69, 9.17) is 37.8 Å². The quantitative estimate of drug-likeness (QED) is 0.658. The number of hydrogen-bond acceptors (Lipinski definition) is 5. The van der Waals surface area contributed by atoms with Gasteiger partial charge in [-0.3, -0.25) is 4.98 Å². The average Bonchev–Trinajstić information content (AvgIpc) is 2.61. The summed E-state index contributed by atoms with van der Waals surface area (Å²) in [5.41, 5.74) is 2.37. The second kappa shape index (κ2) is 9.61. The van der Waals surface area contributed by atoms with Crippen LogP contribution in [0.25, 0.3) is 5.57 Å². The third-order valence-corrected chi connectivity index (χ3v) is 4.22. The van der Waals surface area contributed by atoms with Gasteiger partial charge in [-0.15, -0.1) is 0 Å². The van der Waals surface area contributed by atoms with Crippen LogP contribution in [0.1, 0.15) is 24.0 Å². The van der Waals surface area contributed by atoms with Gasteiger partial charge >= 0.3 is 0 Å². The summed E-state index contributed by atoms with van der Waals surface area (Å²) in [5.74, 6) is 0.937. The number of aliphatic hydroxyl groups is 1. The Morgan fingerprint density at radius 3 is 2.56 bits per heavy atom. The van der Waals surface area contributed by atoms with Gasteiger partial charge in [-0.05, 0) is 35.6 Å². The normalized spacial score (nSPS) is 10.6. The first-order valence-corrected chi connectivity index (χ1v) is 8.56. The van der Waals surface area contributed by atoms with Crippen molar-refractivity contribution >= 4 is 28.8 Å². The zero-order valence-corrected chi connectivity index (χ0v) is 15.5. The van der Waals surface area contributed by atoms with E-state index >= 15 is 0 Å². The van der Waals surface area contributed by atoms with Crippen molar-refractivity contribution in [1.82, 2.24) is 9.97 Å². The first-order chi connectivity index (χ1) is 12.1. The summed E-state index contributed by atoms with van der Waals surface area (Å²) in [4.78, 5) is 8.22. The summed E-state index contributed by atoms with van der Waals surface area (Å²) in [6.07, 6.45) is 6.67. The average molecular weight is 383 g/mol. The Kier molecular flexibility index (Phi) is 7.50. The molecule has 0 unspecified atom stereocenters. The van der Waals surface area contributed by atoms with Crippen molar-refractivity contribution in [1.29, 1.82) is 0 Å². The largest absolute Gasteiger partial charge is 0.488 e. The van der Waals surface area contributed by atoms with E-state index in [0.717, 1.165) is 23.1 Å². The summed E-state index contributed by atoms with van der Waals surface area (Å²) in [6, 6.07) is 1.83. The molecule has 134 valence electrons. The summed E-state index contributed by atoms with van der Waals surface area (Å²) in [7, 11) is 1.54. The molecule has 0 amide bonds. The molecule has 2 heterocycles. The predicted octanol–water partition coefficient (Wildman–Crippen LogP) is 4.20. The fourth-order valence-corrected chi connectivity index (χ4v) is 2.70. The highest BCUT2D eigenvalue weighted by Gasteiger charge is 2.13. The van der Waals surface area contributed by atoms with Gasteiger partial charge in [0.1, 0.15) is 0 Å². The van der Waals surface area contributed by atoms with Crippen molar-refractivity contribution in [3.63, 3.8) is 0 Å². The van der Waals surface area contributed by atoms with Crippen LogP contribution in [0.5, 0.6) is 11.6 Å². The van der Waals surface area contributed by atoms with Crippen LogP contribution in [0.15, 0.2) is 31.2 Å². The second-order valence-electron chi connectivity index (χ2n) is 5.37. The number of aliphatic hydroxyl groups excluding tert-OH is 1. The van der Waals surface area contributed by atoms with Gasteiger partial charge < -0.3 is 14.6 Å².